The number of anilines is 2. The van der Waals surface area contributed by atoms with Crippen molar-refractivity contribution in [3.8, 4) is 0 Å². The van der Waals surface area contributed by atoms with E-state index in [4.69, 9.17) is 11.5 Å². The molecule has 5 N–H and O–H groups in total. The number of halogens is 3. The highest BCUT2D eigenvalue weighted by molar-refractivity contribution is 7.18. The van der Waals surface area contributed by atoms with Crippen LogP contribution in [0.3, 0.4) is 0 Å². The van der Waals surface area contributed by atoms with Crippen molar-refractivity contribution in [2.75, 3.05) is 17.6 Å². The van der Waals surface area contributed by atoms with Gasteiger partial charge in [0.15, 0.2) is 0 Å². The van der Waals surface area contributed by atoms with Crippen molar-refractivity contribution in [3.63, 3.8) is 0 Å². The van der Waals surface area contributed by atoms with Gasteiger partial charge in [-0.2, -0.15) is 13.2 Å². The standard InChI is InChI=1S/C9H12F3N3OS/c10-9(11,12)2-1-3-15-6-4-5(13)7(17-6)8(14)16/h4,15H,1-3,13H2,(H2,14,16). The Balaban J connectivity index is 2.43. The van der Waals surface area contributed by atoms with E-state index in [0.29, 0.717) is 5.00 Å². The fourth-order valence-electron chi connectivity index (χ4n) is 1.19. The normalized spacial score (nSPS) is 11.5. The van der Waals surface area contributed by atoms with E-state index in [-0.39, 0.29) is 23.5 Å². The number of carbonyl (C=O) groups excluding carboxylic acids is 1. The quantitative estimate of drug-likeness (QED) is 0.715. The predicted octanol–water partition coefficient (Wildman–Crippen LogP) is 2.18. The molecule has 1 aromatic heterocycles. The van der Waals surface area contributed by atoms with E-state index in [9.17, 15) is 18.0 Å². The maximum absolute atomic E-state index is 11.8. The second kappa shape index (κ2) is 5.26. The minimum Gasteiger partial charge on any atom is -0.397 e. The van der Waals surface area contributed by atoms with Gasteiger partial charge in [0.25, 0.3) is 5.91 Å². The number of amides is 1. The Labute approximate surface area is 99.8 Å². The molecule has 0 bridgehead atoms. The van der Waals surface area contributed by atoms with Crippen molar-refractivity contribution in [1.29, 1.82) is 0 Å². The molecule has 1 amide bonds. The van der Waals surface area contributed by atoms with Gasteiger partial charge in [-0.25, -0.2) is 0 Å². The SMILES string of the molecule is NC(=O)c1sc(NCCCC(F)(F)F)cc1N. The van der Waals surface area contributed by atoms with Crippen LogP contribution in [0.15, 0.2) is 6.07 Å². The molecule has 0 fully saturated rings. The lowest BCUT2D eigenvalue weighted by Crippen LogP contribution is -2.10. The molecule has 0 spiro atoms. The first-order chi connectivity index (χ1) is 7.79. The molecular formula is C9H12F3N3OS. The zero-order valence-electron chi connectivity index (χ0n) is 8.80. The number of rotatable bonds is 5. The van der Waals surface area contributed by atoms with Gasteiger partial charge >= 0.3 is 6.18 Å². The summed E-state index contributed by atoms with van der Waals surface area (Å²) in [6.45, 7) is 0.164. The van der Waals surface area contributed by atoms with Gasteiger partial charge in [0.2, 0.25) is 0 Å². The third-order valence-corrected chi connectivity index (χ3v) is 3.04. The summed E-state index contributed by atoms with van der Waals surface area (Å²) in [4.78, 5) is 11.1. The molecule has 4 nitrogen and oxygen atoms in total. The minimum absolute atomic E-state index is 0.0345. The Kier molecular flexibility index (Phi) is 4.22. The molecule has 0 atom stereocenters. The molecule has 1 heterocycles. The predicted molar refractivity (Wildman–Crippen MR) is 61.0 cm³/mol. The number of hydrogen-bond acceptors (Lipinski definition) is 4. The summed E-state index contributed by atoms with van der Waals surface area (Å²) in [5.41, 5.74) is 10.8. The second-order valence-corrected chi connectivity index (χ2v) is 4.46. The van der Waals surface area contributed by atoms with Crippen LogP contribution in [0.2, 0.25) is 0 Å². The van der Waals surface area contributed by atoms with Crippen molar-refractivity contribution in [3.05, 3.63) is 10.9 Å². The Morgan fingerprint density at radius 3 is 2.59 bits per heavy atom. The van der Waals surface area contributed by atoms with Gasteiger partial charge in [0.1, 0.15) is 4.88 Å². The Morgan fingerprint density at radius 2 is 2.12 bits per heavy atom. The highest BCUT2D eigenvalue weighted by atomic mass is 32.1. The van der Waals surface area contributed by atoms with Gasteiger partial charge in [-0.15, -0.1) is 11.3 Å². The number of carbonyl (C=O) groups is 1. The van der Waals surface area contributed by atoms with Crippen LogP contribution in [0.5, 0.6) is 0 Å². The summed E-state index contributed by atoms with van der Waals surface area (Å²) < 4.78 is 35.5. The second-order valence-electron chi connectivity index (χ2n) is 3.40. The van der Waals surface area contributed by atoms with E-state index in [1.807, 2.05) is 0 Å². The summed E-state index contributed by atoms with van der Waals surface area (Å²) in [5.74, 6) is -0.643. The first kappa shape index (κ1) is 13.6. The summed E-state index contributed by atoms with van der Waals surface area (Å²) in [6.07, 6.45) is -5.02. The van der Waals surface area contributed by atoms with Crippen LogP contribution in [0.1, 0.15) is 22.5 Å². The summed E-state index contributed by atoms with van der Waals surface area (Å²) in [6, 6.07) is 1.48. The molecule has 0 saturated carbocycles. The topological polar surface area (TPSA) is 81.1 Å². The fourth-order valence-corrected chi connectivity index (χ4v) is 2.04. The molecule has 8 heteroatoms. The molecule has 17 heavy (non-hydrogen) atoms. The van der Waals surface area contributed by atoms with E-state index in [1.165, 1.54) is 6.07 Å². The lowest BCUT2D eigenvalue weighted by molar-refractivity contribution is -0.134. The summed E-state index contributed by atoms with van der Waals surface area (Å²) in [5, 5.41) is 3.30. The van der Waals surface area contributed by atoms with Crippen LogP contribution in [-0.4, -0.2) is 18.6 Å². The van der Waals surface area contributed by atoms with Gasteiger partial charge < -0.3 is 16.8 Å². The lowest BCUT2D eigenvalue weighted by atomic mass is 10.3. The van der Waals surface area contributed by atoms with Crippen LogP contribution in [-0.2, 0) is 0 Å². The van der Waals surface area contributed by atoms with Crippen LogP contribution in [0.25, 0.3) is 0 Å². The van der Waals surface area contributed by atoms with Crippen molar-refractivity contribution in [2.45, 2.75) is 19.0 Å². The minimum atomic E-state index is -4.14. The largest absolute Gasteiger partial charge is 0.397 e. The third kappa shape index (κ3) is 4.51. The van der Waals surface area contributed by atoms with Crippen molar-refractivity contribution < 1.29 is 18.0 Å². The van der Waals surface area contributed by atoms with Crippen LogP contribution in [0.4, 0.5) is 23.9 Å². The third-order valence-electron chi connectivity index (χ3n) is 1.92. The Hall–Kier alpha value is -1.44. The van der Waals surface area contributed by atoms with Gasteiger partial charge in [-0.1, -0.05) is 0 Å². The van der Waals surface area contributed by atoms with Gasteiger partial charge in [0.05, 0.1) is 10.7 Å². The number of nitrogens with two attached hydrogens (primary N) is 2. The molecular weight excluding hydrogens is 255 g/mol. The first-order valence-corrected chi connectivity index (χ1v) is 5.61. The first-order valence-electron chi connectivity index (χ1n) is 4.79. The maximum atomic E-state index is 11.8. The average Bonchev–Trinajstić information content (AvgIpc) is 2.53. The molecule has 1 aromatic rings. The Morgan fingerprint density at radius 1 is 1.47 bits per heavy atom. The average molecular weight is 267 g/mol. The monoisotopic (exact) mass is 267 g/mol. The number of alkyl halides is 3. The highest BCUT2D eigenvalue weighted by Gasteiger charge is 2.25. The van der Waals surface area contributed by atoms with Crippen LogP contribution < -0.4 is 16.8 Å². The summed E-state index contributed by atoms with van der Waals surface area (Å²) >= 11 is 1.03. The zero-order chi connectivity index (χ0) is 13.1. The number of nitrogens with one attached hydrogen (secondary N) is 1. The van der Waals surface area contributed by atoms with E-state index >= 15 is 0 Å². The van der Waals surface area contributed by atoms with Crippen molar-refractivity contribution in [1.82, 2.24) is 0 Å². The smallest absolute Gasteiger partial charge is 0.389 e. The van der Waals surface area contributed by atoms with Crippen LogP contribution >= 0.6 is 11.3 Å². The molecule has 1 rings (SSSR count). The summed E-state index contributed by atoms with van der Waals surface area (Å²) in [7, 11) is 0. The lowest BCUT2D eigenvalue weighted by Gasteiger charge is -2.06. The molecule has 0 aromatic carbocycles. The molecule has 96 valence electrons. The molecule has 0 radical (unpaired) electrons. The molecule has 0 aliphatic heterocycles. The Bertz CT molecular complexity index is 403. The van der Waals surface area contributed by atoms with E-state index in [0.717, 1.165) is 11.3 Å². The number of thiophene rings is 1. The van der Waals surface area contributed by atoms with Crippen LogP contribution in [0, 0.1) is 0 Å². The van der Waals surface area contributed by atoms with E-state index in [2.05, 4.69) is 5.32 Å². The molecule has 0 saturated heterocycles. The van der Waals surface area contributed by atoms with E-state index < -0.39 is 18.5 Å². The van der Waals surface area contributed by atoms with E-state index in [1.54, 1.807) is 0 Å². The molecule has 0 aliphatic carbocycles. The number of hydrogen-bond donors (Lipinski definition) is 3. The van der Waals surface area contributed by atoms with Gasteiger partial charge in [-0.05, 0) is 12.5 Å². The molecule has 0 aliphatic rings. The molecule has 0 unspecified atom stereocenters. The number of primary amides is 1. The fraction of sp³-hybridized carbons (Fsp3) is 0.444. The highest BCUT2D eigenvalue weighted by Crippen LogP contribution is 2.29. The zero-order valence-corrected chi connectivity index (χ0v) is 9.62. The van der Waals surface area contributed by atoms with Gasteiger partial charge in [-0.3, -0.25) is 4.79 Å². The van der Waals surface area contributed by atoms with Gasteiger partial charge in [0, 0.05) is 13.0 Å². The number of nitrogen functional groups attached to an aromatic ring is 1. The maximum Gasteiger partial charge on any atom is 0.389 e. The van der Waals surface area contributed by atoms with Crippen molar-refractivity contribution >= 4 is 27.9 Å². The van der Waals surface area contributed by atoms with Crippen molar-refractivity contribution in [2.24, 2.45) is 5.73 Å².